The van der Waals surface area contributed by atoms with Crippen LogP contribution >= 0.6 is 0 Å². The van der Waals surface area contributed by atoms with Crippen LogP contribution < -0.4 is 16.6 Å². The minimum absolute atomic E-state index is 0.415. The Hall–Kier alpha value is -5.15. The highest BCUT2D eigenvalue weighted by Gasteiger charge is 2.15. The fourth-order valence-corrected chi connectivity index (χ4v) is 4.65. The SMILES string of the molecule is c1ccc(CN=c2oc(=C(c3ccccc3)c3ccccc3)oc2=C(c2ccccc2)c2ccccc2)cc1. The molecule has 0 fully saturated rings. The number of hydrogen-bond donors (Lipinski definition) is 0. The maximum Gasteiger partial charge on any atom is 0.300 e. The first-order valence-electron chi connectivity index (χ1n) is 13.0. The zero-order valence-electron chi connectivity index (χ0n) is 21.4. The predicted octanol–water partition coefficient (Wildman–Crippen LogP) is 6.47. The monoisotopic (exact) mass is 505 g/mol. The van der Waals surface area contributed by atoms with Gasteiger partial charge in [0, 0.05) is 5.57 Å². The third-order valence-corrected chi connectivity index (χ3v) is 6.51. The Morgan fingerprint density at radius 2 is 0.821 bits per heavy atom. The molecular formula is C36H27NO2. The lowest BCUT2D eigenvalue weighted by Crippen LogP contribution is -2.24. The fourth-order valence-electron chi connectivity index (χ4n) is 4.65. The van der Waals surface area contributed by atoms with E-state index in [-0.39, 0.29) is 0 Å². The van der Waals surface area contributed by atoms with Crippen molar-refractivity contribution >= 4 is 11.1 Å². The summed E-state index contributed by atoms with van der Waals surface area (Å²) in [5.41, 5.74) is 8.43. The molecule has 0 aliphatic carbocycles. The highest BCUT2D eigenvalue weighted by molar-refractivity contribution is 5.79. The molecule has 0 saturated heterocycles. The summed E-state index contributed by atoms with van der Waals surface area (Å²) in [6.07, 6.45) is 0. The van der Waals surface area contributed by atoms with Crippen LogP contribution in [0.1, 0.15) is 27.8 Å². The molecule has 0 spiro atoms. The zero-order valence-corrected chi connectivity index (χ0v) is 21.4. The molecule has 0 radical (unpaired) electrons. The molecule has 3 heteroatoms. The second kappa shape index (κ2) is 11.5. The minimum atomic E-state index is 0.415. The number of benzene rings is 5. The van der Waals surface area contributed by atoms with Gasteiger partial charge in [0.15, 0.2) is 0 Å². The summed E-state index contributed by atoms with van der Waals surface area (Å²) < 4.78 is 13.3. The lowest BCUT2D eigenvalue weighted by molar-refractivity contribution is 0.369. The summed E-state index contributed by atoms with van der Waals surface area (Å²) >= 11 is 0. The van der Waals surface area contributed by atoms with E-state index in [4.69, 9.17) is 13.8 Å². The van der Waals surface area contributed by atoms with Gasteiger partial charge in [-0.3, -0.25) is 0 Å². The van der Waals surface area contributed by atoms with Crippen molar-refractivity contribution in [2.45, 2.75) is 6.54 Å². The molecule has 188 valence electrons. The molecule has 6 aromatic rings. The van der Waals surface area contributed by atoms with Crippen molar-refractivity contribution < 1.29 is 8.83 Å². The maximum absolute atomic E-state index is 6.71. The number of hydrogen-bond acceptors (Lipinski definition) is 3. The van der Waals surface area contributed by atoms with Crippen LogP contribution in [0.4, 0.5) is 0 Å². The molecule has 5 aromatic carbocycles. The van der Waals surface area contributed by atoms with E-state index >= 15 is 0 Å². The van der Waals surface area contributed by atoms with Crippen LogP contribution in [-0.4, -0.2) is 0 Å². The second-order valence-corrected chi connectivity index (χ2v) is 9.14. The largest absolute Gasteiger partial charge is 0.419 e. The lowest BCUT2D eigenvalue weighted by atomic mass is 9.98. The first-order valence-corrected chi connectivity index (χ1v) is 13.0. The van der Waals surface area contributed by atoms with Gasteiger partial charge in [0.2, 0.25) is 5.42 Å². The summed E-state index contributed by atoms with van der Waals surface area (Å²) in [5, 5.41) is 0. The molecule has 0 aliphatic heterocycles. The minimum Gasteiger partial charge on any atom is -0.419 e. The van der Waals surface area contributed by atoms with E-state index in [9.17, 15) is 0 Å². The van der Waals surface area contributed by atoms with E-state index in [0.717, 1.165) is 39.0 Å². The van der Waals surface area contributed by atoms with Crippen molar-refractivity contribution in [1.82, 2.24) is 0 Å². The van der Waals surface area contributed by atoms with E-state index in [1.165, 1.54) is 0 Å². The van der Waals surface area contributed by atoms with Crippen molar-refractivity contribution in [3.8, 4) is 0 Å². The van der Waals surface area contributed by atoms with Gasteiger partial charge in [-0.05, 0) is 27.8 Å². The van der Waals surface area contributed by atoms with Gasteiger partial charge < -0.3 is 8.83 Å². The Balaban J connectivity index is 1.74. The number of rotatable bonds is 6. The topological polar surface area (TPSA) is 38.6 Å². The molecule has 1 heterocycles. The summed E-state index contributed by atoms with van der Waals surface area (Å²) in [6, 6.07) is 51.1. The van der Waals surface area contributed by atoms with E-state index in [1.807, 2.05) is 91.0 Å². The fraction of sp³-hybridized carbons (Fsp3) is 0.0278. The summed E-state index contributed by atoms with van der Waals surface area (Å²) in [7, 11) is 0. The van der Waals surface area contributed by atoms with Crippen molar-refractivity contribution in [2.75, 3.05) is 0 Å². The van der Waals surface area contributed by atoms with Gasteiger partial charge >= 0.3 is 5.61 Å². The van der Waals surface area contributed by atoms with Crippen LogP contribution in [0.5, 0.6) is 0 Å². The zero-order chi connectivity index (χ0) is 26.3. The molecule has 0 unspecified atom stereocenters. The average Bonchev–Trinajstić information content (AvgIpc) is 3.42. The van der Waals surface area contributed by atoms with Gasteiger partial charge in [0.25, 0.3) is 5.55 Å². The van der Waals surface area contributed by atoms with Crippen LogP contribution in [0, 0.1) is 0 Å². The van der Waals surface area contributed by atoms with E-state index < -0.39 is 0 Å². The average molecular weight is 506 g/mol. The third kappa shape index (κ3) is 5.43. The summed E-state index contributed by atoms with van der Waals surface area (Å²) in [4.78, 5) is 4.94. The molecule has 0 N–H and O–H groups in total. The van der Waals surface area contributed by atoms with Crippen LogP contribution in [0.15, 0.2) is 165 Å². The second-order valence-electron chi connectivity index (χ2n) is 9.14. The van der Waals surface area contributed by atoms with Crippen LogP contribution in [0.3, 0.4) is 0 Å². The smallest absolute Gasteiger partial charge is 0.300 e. The van der Waals surface area contributed by atoms with Gasteiger partial charge in [0.05, 0.1) is 12.1 Å². The third-order valence-electron chi connectivity index (χ3n) is 6.51. The van der Waals surface area contributed by atoms with Crippen LogP contribution in [0.25, 0.3) is 11.1 Å². The standard InChI is InChI=1S/C36H27NO2/c1-6-16-27(17-7-1)26-37-35-34(32(28-18-8-2-9-19-28)29-20-10-3-11-21-29)38-36(39-35)33(30-22-12-4-13-23-30)31-24-14-5-15-25-31/h1-25H,26H2. The molecule has 0 amide bonds. The van der Waals surface area contributed by atoms with E-state index in [1.54, 1.807) is 0 Å². The molecule has 0 bridgehead atoms. The molecular weight excluding hydrogens is 478 g/mol. The molecule has 1 aromatic heterocycles. The van der Waals surface area contributed by atoms with Crippen LogP contribution in [0.2, 0.25) is 0 Å². The highest BCUT2D eigenvalue weighted by atomic mass is 16.5. The van der Waals surface area contributed by atoms with Crippen molar-refractivity contribution in [3.05, 3.63) is 196 Å². The first kappa shape index (κ1) is 24.2. The van der Waals surface area contributed by atoms with Gasteiger partial charge in [-0.2, -0.15) is 0 Å². The van der Waals surface area contributed by atoms with Gasteiger partial charge in [-0.1, -0.05) is 152 Å². The molecule has 3 nitrogen and oxygen atoms in total. The van der Waals surface area contributed by atoms with Gasteiger partial charge in [0.1, 0.15) is 0 Å². The Labute approximate surface area is 227 Å². The molecule has 0 saturated carbocycles. The normalized spacial score (nSPS) is 11.3. The quantitative estimate of drug-likeness (QED) is 0.260. The van der Waals surface area contributed by atoms with Gasteiger partial charge in [-0.25, -0.2) is 4.99 Å². The Morgan fingerprint density at radius 3 is 1.26 bits per heavy atom. The summed E-state index contributed by atoms with van der Waals surface area (Å²) in [6.45, 7) is 0.471. The lowest BCUT2D eigenvalue weighted by Gasteiger charge is -2.06. The Bertz CT molecular complexity index is 1750. The molecule has 0 aliphatic rings. The van der Waals surface area contributed by atoms with Crippen LogP contribution in [-0.2, 0) is 6.54 Å². The molecule has 0 atom stereocenters. The molecule has 6 rings (SSSR count). The van der Waals surface area contributed by atoms with Gasteiger partial charge in [-0.15, -0.1) is 0 Å². The number of nitrogens with zero attached hydrogens (tertiary/aromatic N) is 1. The first-order chi connectivity index (χ1) is 19.4. The maximum atomic E-state index is 6.71. The Kier molecular flexibility index (Phi) is 7.13. The summed E-state index contributed by atoms with van der Waals surface area (Å²) in [5.74, 6) is 0. The highest BCUT2D eigenvalue weighted by Crippen LogP contribution is 2.22. The van der Waals surface area contributed by atoms with Crippen molar-refractivity contribution in [3.63, 3.8) is 0 Å². The molecule has 39 heavy (non-hydrogen) atoms. The predicted molar refractivity (Wildman–Crippen MR) is 155 cm³/mol. The van der Waals surface area contributed by atoms with Crippen molar-refractivity contribution in [2.24, 2.45) is 4.99 Å². The van der Waals surface area contributed by atoms with E-state index in [2.05, 4.69) is 60.7 Å². The Morgan fingerprint density at radius 1 is 0.436 bits per heavy atom. The van der Waals surface area contributed by atoms with Crippen molar-refractivity contribution in [1.29, 1.82) is 0 Å². The van der Waals surface area contributed by atoms with E-state index in [0.29, 0.717) is 23.1 Å².